The molecule has 0 bridgehead atoms. The van der Waals surface area contributed by atoms with Crippen LogP contribution in [0.1, 0.15) is 5.56 Å². The van der Waals surface area contributed by atoms with Crippen molar-refractivity contribution >= 4 is 0 Å². The van der Waals surface area contributed by atoms with Crippen LogP contribution in [0.5, 0.6) is 17.2 Å². The van der Waals surface area contributed by atoms with Gasteiger partial charge in [-0.15, -0.1) is 0 Å². The van der Waals surface area contributed by atoms with E-state index in [2.05, 4.69) is 0 Å². The van der Waals surface area contributed by atoms with Crippen LogP contribution >= 0.6 is 0 Å². The number of hydrogen-bond acceptors (Lipinski definition) is 3. The Hall–Kier alpha value is -3.01. The maximum absolute atomic E-state index is 12.0. The van der Waals surface area contributed by atoms with Gasteiger partial charge < -0.3 is 14.0 Å². The first-order valence-electron chi connectivity index (χ1n) is 7.91. The molecule has 4 rings (SSSR count). The number of rotatable bonds is 0. The Morgan fingerprint density at radius 1 is 0.917 bits per heavy atom. The third kappa shape index (κ3) is 2.56. The van der Waals surface area contributed by atoms with Gasteiger partial charge in [-0.25, -0.2) is 0 Å². The van der Waals surface area contributed by atoms with Crippen molar-refractivity contribution in [2.24, 2.45) is 7.05 Å². The van der Waals surface area contributed by atoms with Crippen LogP contribution in [-0.2, 0) is 13.5 Å². The minimum absolute atomic E-state index is 0.0930. The molecular weight excluding hydrogens is 302 g/mol. The van der Waals surface area contributed by atoms with Crippen LogP contribution in [0.15, 0.2) is 65.6 Å². The van der Waals surface area contributed by atoms with Crippen LogP contribution in [-0.4, -0.2) is 11.2 Å². The number of benzene rings is 2. The molecule has 0 saturated carbocycles. The zero-order chi connectivity index (χ0) is 16.5. The van der Waals surface area contributed by atoms with Gasteiger partial charge in [0, 0.05) is 36.9 Å². The van der Waals surface area contributed by atoms with Crippen molar-refractivity contribution in [2.45, 2.75) is 6.42 Å². The standard InChI is InChI=1S/C20H17NO3/c1-21-13-16-15-7-3-5-9-18(15)24-17-8-4-2-6-14(17)10-11-23-19(16)12-20(21)22/h2-9,12-13H,10-11H2,1H3. The third-order valence-corrected chi connectivity index (χ3v) is 4.19. The zero-order valence-corrected chi connectivity index (χ0v) is 13.4. The topological polar surface area (TPSA) is 40.5 Å². The smallest absolute Gasteiger partial charge is 0.254 e. The van der Waals surface area contributed by atoms with Crippen molar-refractivity contribution < 1.29 is 9.47 Å². The fourth-order valence-electron chi connectivity index (χ4n) is 2.91. The SMILES string of the molecule is Cn1cc2c(cc1=O)OCCc1ccccc1Oc1ccccc1-2. The zero-order valence-electron chi connectivity index (χ0n) is 13.4. The van der Waals surface area contributed by atoms with E-state index in [0.29, 0.717) is 18.8 Å². The molecule has 1 aliphatic heterocycles. The molecular formula is C20H17NO3. The summed E-state index contributed by atoms with van der Waals surface area (Å²) in [4.78, 5) is 12.0. The Labute approximate surface area is 139 Å². The molecule has 24 heavy (non-hydrogen) atoms. The van der Waals surface area contributed by atoms with E-state index in [9.17, 15) is 4.79 Å². The summed E-state index contributed by atoms with van der Waals surface area (Å²) in [5, 5.41) is 0. The van der Waals surface area contributed by atoms with Gasteiger partial charge in [0.25, 0.3) is 5.56 Å². The van der Waals surface area contributed by atoms with Crippen LogP contribution in [0.2, 0.25) is 0 Å². The number of hydrogen-bond donors (Lipinski definition) is 0. The van der Waals surface area contributed by atoms with Gasteiger partial charge in [0.1, 0.15) is 17.2 Å². The van der Waals surface area contributed by atoms with Crippen molar-refractivity contribution in [1.82, 2.24) is 4.57 Å². The number of fused-ring (bicyclic) bond motifs is 4. The lowest BCUT2D eigenvalue weighted by atomic mass is 10.0. The summed E-state index contributed by atoms with van der Waals surface area (Å²) in [5.74, 6) is 2.17. The highest BCUT2D eigenvalue weighted by atomic mass is 16.5. The van der Waals surface area contributed by atoms with Crippen LogP contribution in [0.25, 0.3) is 11.1 Å². The summed E-state index contributed by atoms with van der Waals surface area (Å²) in [5.41, 5.74) is 2.75. The lowest BCUT2D eigenvalue weighted by molar-refractivity contribution is 0.318. The van der Waals surface area contributed by atoms with E-state index in [1.54, 1.807) is 23.9 Å². The molecule has 2 aromatic carbocycles. The summed E-state index contributed by atoms with van der Waals surface area (Å²) >= 11 is 0. The average molecular weight is 319 g/mol. The molecule has 0 fully saturated rings. The monoisotopic (exact) mass is 319 g/mol. The summed E-state index contributed by atoms with van der Waals surface area (Å²) < 4.78 is 13.7. The second-order valence-corrected chi connectivity index (χ2v) is 5.80. The summed E-state index contributed by atoms with van der Waals surface area (Å²) in [6.07, 6.45) is 2.51. The molecule has 0 saturated heterocycles. The lowest BCUT2D eigenvalue weighted by Gasteiger charge is -2.19. The highest BCUT2D eigenvalue weighted by Crippen LogP contribution is 2.39. The Morgan fingerprint density at radius 2 is 1.67 bits per heavy atom. The molecule has 0 unspecified atom stereocenters. The Balaban J connectivity index is 1.94. The van der Waals surface area contributed by atoms with E-state index in [4.69, 9.17) is 9.47 Å². The van der Waals surface area contributed by atoms with Crippen LogP contribution in [0, 0.1) is 0 Å². The van der Waals surface area contributed by atoms with E-state index in [1.807, 2.05) is 48.5 Å². The van der Waals surface area contributed by atoms with Gasteiger partial charge in [-0.3, -0.25) is 4.79 Å². The second kappa shape index (κ2) is 5.89. The van der Waals surface area contributed by atoms with Crippen molar-refractivity contribution in [1.29, 1.82) is 0 Å². The minimum atomic E-state index is -0.0930. The molecule has 3 aromatic rings. The summed E-state index contributed by atoms with van der Waals surface area (Å²) in [7, 11) is 1.74. The van der Waals surface area contributed by atoms with Crippen molar-refractivity contribution in [2.75, 3.05) is 6.61 Å². The molecule has 1 aromatic heterocycles. The predicted molar refractivity (Wildman–Crippen MR) is 92.8 cm³/mol. The van der Waals surface area contributed by atoms with Crippen LogP contribution < -0.4 is 15.0 Å². The van der Waals surface area contributed by atoms with E-state index in [1.165, 1.54) is 0 Å². The molecule has 0 amide bonds. The largest absolute Gasteiger partial charge is 0.492 e. The summed E-state index contributed by atoms with van der Waals surface area (Å²) in [6, 6.07) is 17.3. The minimum Gasteiger partial charge on any atom is -0.492 e. The van der Waals surface area contributed by atoms with E-state index in [0.717, 1.165) is 28.2 Å². The molecule has 4 heteroatoms. The molecule has 0 spiro atoms. The molecule has 120 valence electrons. The van der Waals surface area contributed by atoms with Gasteiger partial charge in [0.2, 0.25) is 0 Å². The highest BCUT2D eigenvalue weighted by molar-refractivity contribution is 5.75. The quantitative estimate of drug-likeness (QED) is 0.633. The van der Waals surface area contributed by atoms with Crippen molar-refractivity contribution in [3.05, 3.63) is 76.7 Å². The molecule has 2 heterocycles. The number of aromatic nitrogens is 1. The lowest BCUT2D eigenvalue weighted by Crippen LogP contribution is -2.17. The Bertz CT molecular complexity index is 959. The Morgan fingerprint density at radius 3 is 2.54 bits per heavy atom. The first-order chi connectivity index (χ1) is 11.7. The number of para-hydroxylation sites is 2. The first-order valence-corrected chi connectivity index (χ1v) is 7.91. The van der Waals surface area contributed by atoms with E-state index in [-0.39, 0.29) is 5.56 Å². The van der Waals surface area contributed by atoms with E-state index >= 15 is 0 Å². The fraction of sp³-hybridized carbons (Fsp3) is 0.150. The highest BCUT2D eigenvalue weighted by Gasteiger charge is 2.17. The molecule has 0 atom stereocenters. The van der Waals surface area contributed by atoms with Gasteiger partial charge >= 0.3 is 0 Å². The van der Waals surface area contributed by atoms with Gasteiger partial charge in [-0.05, 0) is 17.7 Å². The molecule has 0 N–H and O–H groups in total. The molecule has 4 nitrogen and oxygen atoms in total. The Kier molecular flexibility index (Phi) is 3.58. The van der Waals surface area contributed by atoms with Gasteiger partial charge in [0.05, 0.1) is 6.61 Å². The number of aryl methyl sites for hydroxylation is 1. The predicted octanol–water partition coefficient (Wildman–Crippen LogP) is 3.78. The van der Waals surface area contributed by atoms with Gasteiger partial charge in [0.15, 0.2) is 0 Å². The molecule has 0 aliphatic carbocycles. The normalized spacial score (nSPS) is 12.9. The maximum Gasteiger partial charge on any atom is 0.254 e. The molecule has 1 aliphatic rings. The third-order valence-electron chi connectivity index (χ3n) is 4.19. The fourth-order valence-corrected chi connectivity index (χ4v) is 2.91. The number of nitrogens with zero attached hydrogens (tertiary/aromatic N) is 1. The van der Waals surface area contributed by atoms with Crippen molar-refractivity contribution in [3.8, 4) is 28.4 Å². The molecule has 0 radical (unpaired) electrons. The maximum atomic E-state index is 12.0. The van der Waals surface area contributed by atoms with Crippen LogP contribution in [0.4, 0.5) is 0 Å². The second-order valence-electron chi connectivity index (χ2n) is 5.80. The number of ether oxygens (including phenoxy) is 2. The van der Waals surface area contributed by atoms with E-state index < -0.39 is 0 Å². The number of pyridine rings is 1. The first kappa shape index (κ1) is 14.6. The van der Waals surface area contributed by atoms with Crippen molar-refractivity contribution in [3.63, 3.8) is 0 Å². The van der Waals surface area contributed by atoms with Crippen LogP contribution in [0.3, 0.4) is 0 Å². The average Bonchev–Trinajstić information content (AvgIpc) is 2.60. The van der Waals surface area contributed by atoms with Gasteiger partial charge in [-0.1, -0.05) is 36.4 Å². The summed E-state index contributed by atoms with van der Waals surface area (Å²) in [6.45, 7) is 0.489. The van der Waals surface area contributed by atoms with Gasteiger partial charge in [-0.2, -0.15) is 0 Å².